The summed E-state index contributed by atoms with van der Waals surface area (Å²) in [6.45, 7) is 6.38. The van der Waals surface area contributed by atoms with Crippen LogP contribution in [0.15, 0.2) is 0 Å². The van der Waals surface area contributed by atoms with Gasteiger partial charge in [-0.3, -0.25) is 4.90 Å². The molecule has 0 spiro atoms. The van der Waals surface area contributed by atoms with E-state index in [0.29, 0.717) is 12.1 Å². The maximum absolute atomic E-state index is 12.2. The van der Waals surface area contributed by atoms with Crippen molar-refractivity contribution in [3.63, 3.8) is 0 Å². The number of hydrogen-bond acceptors (Lipinski definition) is 2. The maximum Gasteiger partial charge on any atom is 0.320 e. The van der Waals surface area contributed by atoms with Gasteiger partial charge in [0, 0.05) is 32.2 Å². The summed E-state index contributed by atoms with van der Waals surface area (Å²) in [5, 5.41) is 0. The summed E-state index contributed by atoms with van der Waals surface area (Å²) in [6, 6.07) is 0.938. The molecule has 2 amide bonds. The van der Waals surface area contributed by atoms with E-state index in [-0.39, 0.29) is 0 Å². The zero-order valence-electron chi connectivity index (χ0n) is 10.6. The van der Waals surface area contributed by atoms with Crippen molar-refractivity contribution < 1.29 is 4.79 Å². The SMILES string of the molecule is O=C(N1CCCC1)N1CCC(N2CCCC2)C1. The second-order valence-corrected chi connectivity index (χ2v) is 5.61. The van der Waals surface area contributed by atoms with Gasteiger partial charge in [0.2, 0.25) is 0 Å². The average molecular weight is 237 g/mol. The minimum Gasteiger partial charge on any atom is -0.325 e. The van der Waals surface area contributed by atoms with E-state index in [0.717, 1.165) is 26.2 Å². The van der Waals surface area contributed by atoms with E-state index < -0.39 is 0 Å². The zero-order chi connectivity index (χ0) is 11.7. The molecule has 96 valence electrons. The molecule has 3 rings (SSSR count). The fourth-order valence-electron chi connectivity index (χ4n) is 3.43. The standard InChI is InChI=1S/C13H23N3O/c17-13(15-8-3-4-9-15)16-10-5-12(11-16)14-6-1-2-7-14/h12H,1-11H2. The lowest BCUT2D eigenvalue weighted by atomic mass is 10.2. The van der Waals surface area contributed by atoms with Crippen LogP contribution in [0.2, 0.25) is 0 Å². The quantitative estimate of drug-likeness (QED) is 0.689. The van der Waals surface area contributed by atoms with Crippen LogP contribution in [0.3, 0.4) is 0 Å². The van der Waals surface area contributed by atoms with Crippen molar-refractivity contribution >= 4 is 6.03 Å². The predicted molar refractivity (Wildman–Crippen MR) is 67.0 cm³/mol. The Morgan fingerprint density at radius 2 is 1.47 bits per heavy atom. The molecule has 1 atom stereocenters. The summed E-state index contributed by atoms with van der Waals surface area (Å²) in [7, 11) is 0. The molecule has 4 nitrogen and oxygen atoms in total. The van der Waals surface area contributed by atoms with Gasteiger partial charge in [-0.15, -0.1) is 0 Å². The molecule has 3 saturated heterocycles. The predicted octanol–water partition coefficient (Wildman–Crippen LogP) is 1.37. The molecule has 3 fully saturated rings. The van der Waals surface area contributed by atoms with Crippen LogP contribution in [0, 0.1) is 0 Å². The highest BCUT2D eigenvalue weighted by Crippen LogP contribution is 2.22. The first-order valence-corrected chi connectivity index (χ1v) is 7.12. The van der Waals surface area contributed by atoms with Crippen LogP contribution in [0.4, 0.5) is 4.79 Å². The number of likely N-dealkylation sites (tertiary alicyclic amines) is 3. The number of carbonyl (C=O) groups excluding carboxylic acids is 1. The van der Waals surface area contributed by atoms with Gasteiger partial charge < -0.3 is 9.80 Å². The summed E-state index contributed by atoms with van der Waals surface area (Å²) in [5.74, 6) is 0. The highest BCUT2D eigenvalue weighted by Gasteiger charge is 2.33. The summed E-state index contributed by atoms with van der Waals surface area (Å²) < 4.78 is 0. The third-order valence-electron chi connectivity index (χ3n) is 4.47. The minimum atomic E-state index is 0.296. The third-order valence-corrected chi connectivity index (χ3v) is 4.47. The van der Waals surface area contributed by atoms with Crippen molar-refractivity contribution in [3.05, 3.63) is 0 Å². The van der Waals surface area contributed by atoms with Crippen molar-refractivity contribution in [2.45, 2.75) is 38.1 Å². The molecular formula is C13H23N3O. The van der Waals surface area contributed by atoms with Crippen molar-refractivity contribution in [2.75, 3.05) is 39.3 Å². The van der Waals surface area contributed by atoms with Gasteiger partial charge in [0.05, 0.1) is 0 Å². The number of hydrogen-bond donors (Lipinski definition) is 0. The molecule has 0 bridgehead atoms. The molecule has 3 heterocycles. The topological polar surface area (TPSA) is 26.8 Å². The van der Waals surface area contributed by atoms with Crippen LogP contribution in [0.25, 0.3) is 0 Å². The Bertz CT molecular complexity index is 282. The number of nitrogens with zero attached hydrogens (tertiary/aromatic N) is 3. The lowest BCUT2D eigenvalue weighted by molar-refractivity contribution is 0.166. The third kappa shape index (κ3) is 2.28. The van der Waals surface area contributed by atoms with Crippen LogP contribution in [-0.2, 0) is 0 Å². The molecule has 1 unspecified atom stereocenters. The van der Waals surface area contributed by atoms with E-state index in [2.05, 4.69) is 9.80 Å². The molecule has 3 aliphatic heterocycles. The lowest BCUT2D eigenvalue weighted by Crippen LogP contribution is -2.42. The van der Waals surface area contributed by atoms with Crippen LogP contribution in [0.1, 0.15) is 32.1 Å². The Labute approximate surface area is 104 Å². The Morgan fingerprint density at radius 3 is 2.18 bits per heavy atom. The van der Waals surface area contributed by atoms with Crippen LogP contribution < -0.4 is 0 Å². The normalized spacial score (nSPS) is 30.5. The minimum absolute atomic E-state index is 0.296. The van der Waals surface area contributed by atoms with Gasteiger partial charge in [-0.25, -0.2) is 4.79 Å². The van der Waals surface area contributed by atoms with E-state index in [4.69, 9.17) is 0 Å². The molecule has 4 heteroatoms. The van der Waals surface area contributed by atoms with Crippen molar-refractivity contribution in [1.29, 1.82) is 0 Å². The Balaban J connectivity index is 1.54. The van der Waals surface area contributed by atoms with Crippen LogP contribution in [0.5, 0.6) is 0 Å². The molecule has 0 N–H and O–H groups in total. The van der Waals surface area contributed by atoms with Gasteiger partial charge in [-0.1, -0.05) is 0 Å². The van der Waals surface area contributed by atoms with E-state index in [9.17, 15) is 4.79 Å². The monoisotopic (exact) mass is 237 g/mol. The van der Waals surface area contributed by atoms with E-state index in [1.807, 2.05) is 4.90 Å². The summed E-state index contributed by atoms with van der Waals surface area (Å²) in [5.41, 5.74) is 0. The van der Waals surface area contributed by atoms with Crippen LogP contribution >= 0.6 is 0 Å². The van der Waals surface area contributed by atoms with Crippen molar-refractivity contribution in [1.82, 2.24) is 14.7 Å². The smallest absolute Gasteiger partial charge is 0.320 e. The van der Waals surface area contributed by atoms with Gasteiger partial charge >= 0.3 is 6.03 Å². The molecule has 0 radical (unpaired) electrons. The molecule has 17 heavy (non-hydrogen) atoms. The number of carbonyl (C=O) groups is 1. The molecular weight excluding hydrogens is 214 g/mol. The first-order chi connectivity index (χ1) is 8.34. The first kappa shape index (κ1) is 11.3. The van der Waals surface area contributed by atoms with Crippen molar-refractivity contribution in [2.24, 2.45) is 0 Å². The van der Waals surface area contributed by atoms with E-state index in [1.54, 1.807) is 0 Å². The van der Waals surface area contributed by atoms with Gasteiger partial charge in [-0.2, -0.15) is 0 Å². The van der Waals surface area contributed by atoms with Gasteiger partial charge in [0.15, 0.2) is 0 Å². The van der Waals surface area contributed by atoms with E-state index in [1.165, 1.54) is 45.2 Å². The van der Waals surface area contributed by atoms with Gasteiger partial charge in [0.25, 0.3) is 0 Å². The van der Waals surface area contributed by atoms with Gasteiger partial charge in [-0.05, 0) is 45.2 Å². The van der Waals surface area contributed by atoms with Crippen molar-refractivity contribution in [3.8, 4) is 0 Å². The van der Waals surface area contributed by atoms with Gasteiger partial charge in [0.1, 0.15) is 0 Å². The molecule has 0 saturated carbocycles. The molecule has 3 aliphatic rings. The average Bonchev–Trinajstić information content (AvgIpc) is 3.09. The van der Waals surface area contributed by atoms with E-state index >= 15 is 0 Å². The zero-order valence-corrected chi connectivity index (χ0v) is 10.6. The maximum atomic E-state index is 12.2. The Morgan fingerprint density at radius 1 is 0.824 bits per heavy atom. The summed E-state index contributed by atoms with van der Waals surface area (Å²) >= 11 is 0. The highest BCUT2D eigenvalue weighted by atomic mass is 16.2. The molecule has 0 aromatic carbocycles. The summed E-state index contributed by atoms with van der Waals surface area (Å²) in [6.07, 6.45) is 6.25. The molecule has 0 aromatic rings. The number of urea groups is 1. The summed E-state index contributed by atoms with van der Waals surface area (Å²) in [4.78, 5) is 18.9. The number of rotatable bonds is 1. The number of amides is 2. The second kappa shape index (κ2) is 4.84. The Hall–Kier alpha value is -0.770. The Kier molecular flexibility index (Phi) is 3.23. The fraction of sp³-hybridized carbons (Fsp3) is 0.923. The fourth-order valence-corrected chi connectivity index (χ4v) is 3.43. The molecule has 0 aliphatic carbocycles. The van der Waals surface area contributed by atoms with Crippen LogP contribution in [-0.4, -0.2) is 66.0 Å². The molecule has 0 aromatic heterocycles. The highest BCUT2D eigenvalue weighted by molar-refractivity contribution is 5.75. The lowest BCUT2D eigenvalue weighted by Gasteiger charge is -2.26. The largest absolute Gasteiger partial charge is 0.325 e. The second-order valence-electron chi connectivity index (χ2n) is 5.61. The first-order valence-electron chi connectivity index (χ1n) is 7.12.